The van der Waals surface area contributed by atoms with E-state index in [0.717, 1.165) is 51.3 Å². The van der Waals surface area contributed by atoms with E-state index in [2.05, 4.69) is 21.9 Å². The molecule has 0 radical (unpaired) electrons. The van der Waals surface area contributed by atoms with E-state index in [1.807, 2.05) is 11.6 Å². The van der Waals surface area contributed by atoms with Gasteiger partial charge in [-0.15, -0.1) is 0 Å². The molecule has 1 fully saturated rings. The number of hydrogen-bond acceptors (Lipinski definition) is 4. The molecule has 1 atom stereocenters. The van der Waals surface area contributed by atoms with Crippen molar-refractivity contribution in [2.45, 2.75) is 51.8 Å². The van der Waals surface area contributed by atoms with Crippen molar-refractivity contribution in [2.24, 2.45) is 0 Å². The van der Waals surface area contributed by atoms with Crippen LogP contribution in [0.1, 0.15) is 38.9 Å². The summed E-state index contributed by atoms with van der Waals surface area (Å²) < 4.78 is 1.96. The molecule has 0 spiro atoms. The molecule has 1 saturated heterocycles. The van der Waals surface area contributed by atoms with Gasteiger partial charge in [-0.2, -0.15) is 5.10 Å². The van der Waals surface area contributed by atoms with Crippen LogP contribution in [0.5, 0.6) is 0 Å². The Morgan fingerprint density at radius 1 is 1.53 bits per heavy atom. The first-order valence-electron chi connectivity index (χ1n) is 6.42. The van der Waals surface area contributed by atoms with Gasteiger partial charge in [-0.05, 0) is 32.7 Å². The molecule has 1 aliphatic heterocycles. The van der Waals surface area contributed by atoms with Crippen molar-refractivity contribution >= 4 is 0 Å². The zero-order valence-electron chi connectivity index (χ0n) is 10.8. The molecule has 17 heavy (non-hydrogen) atoms. The predicted molar refractivity (Wildman–Crippen MR) is 65.4 cm³/mol. The standard InChI is InChI=1S/C12H22N4O/c1-3-6-16-11(13-10-14-16)8-15-7-4-5-12(2,17)9-15/h10,17H,3-9H2,1-2H3. The van der Waals surface area contributed by atoms with Crippen LogP contribution in [0.25, 0.3) is 0 Å². The Labute approximate surface area is 102 Å². The largest absolute Gasteiger partial charge is 0.389 e. The average molecular weight is 238 g/mol. The lowest BCUT2D eigenvalue weighted by molar-refractivity contribution is -0.0192. The van der Waals surface area contributed by atoms with Gasteiger partial charge in [0.25, 0.3) is 0 Å². The molecule has 5 heteroatoms. The number of rotatable bonds is 4. The Hall–Kier alpha value is -0.940. The molecule has 0 aliphatic carbocycles. The number of piperidine rings is 1. The second-order valence-corrected chi connectivity index (χ2v) is 5.21. The molecule has 1 aliphatic rings. The first-order valence-corrected chi connectivity index (χ1v) is 6.42. The van der Waals surface area contributed by atoms with E-state index in [-0.39, 0.29) is 0 Å². The zero-order valence-corrected chi connectivity index (χ0v) is 10.8. The maximum Gasteiger partial charge on any atom is 0.141 e. The second-order valence-electron chi connectivity index (χ2n) is 5.21. The van der Waals surface area contributed by atoms with Gasteiger partial charge in [0.15, 0.2) is 0 Å². The number of nitrogens with zero attached hydrogens (tertiary/aromatic N) is 4. The average Bonchev–Trinajstić information content (AvgIpc) is 2.65. The van der Waals surface area contributed by atoms with E-state index in [0.29, 0.717) is 0 Å². The van der Waals surface area contributed by atoms with Crippen LogP contribution < -0.4 is 0 Å². The summed E-state index contributed by atoms with van der Waals surface area (Å²) in [5, 5.41) is 14.3. The molecule has 1 aromatic heterocycles. The normalized spacial score (nSPS) is 26.3. The minimum atomic E-state index is -0.548. The zero-order chi connectivity index (χ0) is 12.3. The molecule has 2 heterocycles. The van der Waals surface area contributed by atoms with Gasteiger partial charge in [-0.25, -0.2) is 9.67 Å². The summed E-state index contributed by atoms with van der Waals surface area (Å²) in [5.41, 5.74) is -0.548. The van der Waals surface area contributed by atoms with Crippen LogP contribution >= 0.6 is 0 Å². The van der Waals surface area contributed by atoms with Gasteiger partial charge < -0.3 is 5.11 Å². The Morgan fingerprint density at radius 2 is 2.35 bits per heavy atom. The first kappa shape index (κ1) is 12.5. The molecule has 1 unspecified atom stereocenters. The number of aromatic nitrogens is 3. The molecule has 0 aromatic carbocycles. The summed E-state index contributed by atoms with van der Waals surface area (Å²) in [4.78, 5) is 6.57. The Bertz CT molecular complexity index is 361. The van der Waals surface area contributed by atoms with Crippen molar-refractivity contribution in [2.75, 3.05) is 13.1 Å². The van der Waals surface area contributed by atoms with Gasteiger partial charge in [-0.1, -0.05) is 6.92 Å². The topological polar surface area (TPSA) is 54.2 Å². The number of hydrogen-bond donors (Lipinski definition) is 1. The van der Waals surface area contributed by atoms with Gasteiger partial charge in [0, 0.05) is 13.1 Å². The maximum atomic E-state index is 10.1. The van der Waals surface area contributed by atoms with E-state index in [9.17, 15) is 5.11 Å². The highest BCUT2D eigenvalue weighted by molar-refractivity contribution is 4.89. The molecule has 2 rings (SSSR count). The van der Waals surface area contributed by atoms with Crippen molar-refractivity contribution in [3.63, 3.8) is 0 Å². The molecule has 0 saturated carbocycles. The Kier molecular flexibility index (Phi) is 3.79. The van der Waals surface area contributed by atoms with Crippen LogP contribution in [0.3, 0.4) is 0 Å². The molecule has 5 nitrogen and oxygen atoms in total. The quantitative estimate of drug-likeness (QED) is 0.851. The second kappa shape index (κ2) is 5.14. The number of aryl methyl sites for hydroxylation is 1. The third-order valence-electron chi connectivity index (χ3n) is 3.25. The van der Waals surface area contributed by atoms with E-state index in [4.69, 9.17) is 0 Å². The third kappa shape index (κ3) is 3.26. The number of aliphatic hydroxyl groups is 1. The lowest BCUT2D eigenvalue weighted by Crippen LogP contribution is -2.45. The summed E-state index contributed by atoms with van der Waals surface area (Å²) in [6.07, 6.45) is 4.63. The van der Waals surface area contributed by atoms with Crippen LogP contribution in [-0.2, 0) is 13.1 Å². The molecule has 1 N–H and O–H groups in total. The van der Waals surface area contributed by atoms with E-state index in [1.54, 1.807) is 6.33 Å². The summed E-state index contributed by atoms with van der Waals surface area (Å²) in [5.74, 6) is 1.00. The van der Waals surface area contributed by atoms with Crippen LogP contribution in [0.2, 0.25) is 0 Å². The lowest BCUT2D eigenvalue weighted by atomic mass is 9.95. The van der Waals surface area contributed by atoms with Crippen molar-refractivity contribution in [1.29, 1.82) is 0 Å². The molecule has 0 bridgehead atoms. The SMILES string of the molecule is CCCn1ncnc1CN1CCCC(C)(O)C1. The van der Waals surface area contributed by atoms with Gasteiger partial charge in [0.1, 0.15) is 12.2 Å². The monoisotopic (exact) mass is 238 g/mol. The fourth-order valence-corrected chi connectivity index (χ4v) is 2.47. The molecule has 96 valence electrons. The summed E-state index contributed by atoms with van der Waals surface area (Å²) in [6, 6.07) is 0. The molecular weight excluding hydrogens is 216 g/mol. The predicted octanol–water partition coefficient (Wildman–Crippen LogP) is 1.03. The van der Waals surface area contributed by atoms with Crippen molar-refractivity contribution in [3.8, 4) is 0 Å². The van der Waals surface area contributed by atoms with Crippen LogP contribution in [-0.4, -0.2) is 43.5 Å². The minimum Gasteiger partial charge on any atom is -0.389 e. The van der Waals surface area contributed by atoms with Gasteiger partial charge in [0.2, 0.25) is 0 Å². The summed E-state index contributed by atoms with van der Waals surface area (Å²) >= 11 is 0. The van der Waals surface area contributed by atoms with Crippen molar-refractivity contribution in [3.05, 3.63) is 12.2 Å². The van der Waals surface area contributed by atoms with E-state index in [1.165, 1.54) is 0 Å². The smallest absolute Gasteiger partial charge is 0.141 e. The van der Waals surface area contributed by atoms with Gasteiger partial charge in [-0.3, -0.25) is 4.90 Å². The first-order chi connectivity index (χ1) is 8.11. The fourth-order valence-electron chi connectivity index (χ4n) is 2.47. The number of β-amino-alcohol motifs (C(OH)–C–C–N with tert-alkyl or cyclic N) is 1. The molecular formula is C12H22N4O. The third-order valence-corrected chi connectivity index (χ3v) is 3.25. The Balaban J connectivity index is 1.98. The highest BCUT2D eigenvalue weighted by Crippen LogP contribution is 2.21. The van der Waals surface area contributed by atoms with Crippen molar-refractivity contribution in [1.82, 2.24) is 19.7 Å². The fraction of sp³-hybridized carbons (Fsp3) is 0.833. The number of likely N-dealkylation sites (tertiary alicyclic amines) is 1. The van der Waals surface area contributed by atoms with Crippen LogP contribution in [0.15, 0.2) is 6.33 Å². The molecule has 1 aromatic rings. The Morgan fingerprint density at radius 3 is 3.06 bits per heavy atom. The highest BCUT2D eigenvalue weighted by atomic mass is 16.3. The summed E-state index contributed by atoms with van der Waals surface area (Å²) in [7, 11) is 0. The van der Waals surface area contributed by atoms with Crippen molar-refractivity contribution < 1.29 is 5.11 Å². The van der Waals surface area contributed by atoms with Gasteiger partial charge in [0.05, 0.1) is 12.1 Å². The summed E-state index contributed by atoms with van der Waals surface area (Å²) in [6.45, 7) is 7.52. The minimum absolute atomic E-state index is 0.548. The van der Waals surface area contributed by atoms with E-state index < -0.39 is 5.60 Å². The molecule has 0 amide bonds. The van der Waals surface area contributed by atoms with E-state index >= 15 is 0 Å². The van der Waals surface area contributed by atoms with Crippen LogP contribution in [0.4, 0.5) is 0 Å². The van der Waals surface area contributed by atoms with Crippen LogP contribution in [0, 0.1) is 0 Å². The highest BCUT2D eigenvalue weighted by Gasteiger charge is 2.28. The lowest BCUT2D eigenvalue weighted by Gasteiger charge is -2.36. The van der Waals surface area contributed by atoms with Gasteiger partial charge >= 0.3 is 0 Å². The maximum absolute atomic E-state index is 10.1.